The van der Waals surface area contributed by atoms with Gasteiger partial charge in [-0.25, -0.2) is 9.79 Å². The van der Waals surface area contributed by atoms with Gasteiger partial charge in [-0.3, -0.25) is 10.1 Å². The molecule has 0 bridgehead atoms. The topological polar surface area (TPSA) is 119 Å². The molecule has 0 saturated carbocycles. The predicted octanol–water partition coefficient (Wildman–Crippen LogP) is 2.97. The van der Waals surface area contributed by atoms with Crippen LogP contribution in [0.4, 0.5) is 5.69 Å². The van der Waals surface area contributed by atoms with Crippen molar-refractivity contribution < 1.29 is 33.4 Å². The van der Waals surface area contributed by atoms with Crippen molar-refractivity contribution in [3.05, 3.63) is 57.3 Å². The number of carbonyl (C=O) groups excluding carboxylic acids is 1. The maximum absolute atomic E-state index is 12.3. The van der Waals surface area contributed by atoms with Crippen LogP contribution in [-0.4, -0.2) is 45.2 Å². The SMILES string of the molecule is COc1cc(OC)c(OC)cc1C=C1N=C(c2ccc(OC)c([N+](=O)[O-])c2)OC1=O. The summed E-state index contributed by atoms with van der Waals surface area (Å²) in [5, 5.41) is 11.2. The fraction of sp³-hybridized carbons (Fsp3) is 0.200. The minimum Gasteiger partial charge on any atom is -0.496 e. The highest BCUT2D eigenvalue weighted by molar-refractivity contribution is 6.13. The molecule has 0 aromatic heterocycles. The number of rotatable bonds is 7. The van der Waals surface area contributed by atoms with Crippen molar-refractivity contribution in [2.45, 2.75) is 0 Å². The standard InChI is InChI=1S/C20H18N2O8/c1-26-15-6-5-11(8-14(15)22(24)25)19-21-13(20(23)30-19)7-12-9-17(28-3)18(29-4)10-16(12)27-2/h5-10H,1-4H3. The van der Waals surface area contributed by atoms with E-state index >= 15 is 0 Å². The van der Waals surface area contributed by atoms with E-state index in [2.05, 4.69) is 4.99 Å². The quantitative estimate of drug-likeness (QED) is 0.294. The summed E-state index contributed by atoms with van der Waals surface area (Å²) in [5.41, 5.74) is 0.494. The molecule has 0 aliphatic carbocycles. The van der Waals surface area contributed by atoms with Gasteiger partial charge >= 0.3 is 11.7 Å². The molecule has 156 valence electrons. The number of carbonyl (C=O) groups is 1. The second kappa shape index (κ2) is 8.52. The molecule has 1 aliphatic heterocycles. The molecule has 0 saturated heterocycles. The maximum atomic E-state index is 12.3. The van der Waals surface area contributed by atoms with Crippen LogP contribution in [0.15, 0.2) is 41.0 Å². The fourth-order valence-corrected chi connectivity index (χ4v) is 2.81. The van der Waals surface area contributed by atoms with E-state index in [4.69, 9.17) is 23.7 Å². The average Bonchev–Trinajstić information content (AvgIpc) is 3.12. The van der Waals surface area contributed by atoms with Gasteiger partial charge in [-0.2, -0.15) is 0 Å². The third-order valence-corrected chi connectivity index (χ3v) is 4.27. The molecule has 0 fully saturated rings. The Kier molecular flexibility index (Phi) is 5.86. The highest BCUT2D eigenvalue weighted by atomic mass is 16.6. The van der Waals surface area contributed by atoms with Crippen LogP contribution in [0.25, 0.3) is 6.08 Å². The summed E-state index contributed by atoms with van der Waals surface area (Å²) in [6, 6.07) is 7.39. The molecule has 2 aromatic carbocycles. The highest BCUT2D eigenvalue weighted by Gasteiger charge is 2.27. The number of methoxy groups -OCH3 is 4. The van der Waals surface area contributed by atoms with Crippen molar-refractivity contribution >= 4 is 23.6 Å². The van der Waals surface area contributed by atoms with E-state index in [0.717, 1.165) is 0 Å². The van der Waals surface area contributed by atoms with E-state index in [1.165, 1.54) is 52.7 Å². The maximum Gasteiger partial charge on any atom is 0.363 e. The van der Waals surface area contributed by atoms with Crippen molar-refractivity contribution in [2.75, 3.05) is 28.4 Å². The molecular weight excluding hydrogens is 396 g/mol. The summed E-state index contributed by atoms with van der Waals surface area (Å²) in [4.78, 5) is 27.1. The summed E-state index contributed by atoms with van der Waals surface area (Å²) in [7, 11) is 5.78. The van der Waals surface area contributed by atoms with Crippen molar-refractivity contribution in [3.63, 3.8) is 0 Å². The van der Waals surface area contributed by atoms with E-state index in [0.29, 0.717) is 22.8 Å². The molecule has 0 unspecified atom stereocenters. The number of hydrogen-bond acceptors (Lipinski definition) is 9. The lowest BCUT2D eigenvalue weighted by Gasteiger charge is -2.12. The van der Waals surface area contributed by atoms with E-state index in [1.807, 2.05) is 0 Å². The molecule has 1 heterocycles. The van der Waals surface area contributed by atoms with Crippen LogP contribution in [0.2, 0.25) is 0 Å². The second-order valence-corrected chi connectivity index (χ2v) is 5.93. The van der Waals surface area contributed by atoms with Gasteiger partial charge in [-0.05, 0) is 24.3 Å². The zero-order valence-electron chi connectivity index (χ0n) is 16.6. The zero-order chi connectivity index (χ0) is 21.8. The van der Waals surface area contributed by atoms with Gasteiger partial charge in [-0.1, -0.05) is 0 Å². The van der Waals surface area contributed by atoms with Gasteiger partial charge in [0.2, 0.25) is 5.90 Å². The minimum atomic E-state index is -0.708. The Morgan fingerprint density at radius 2 is 1.57 bits per heavy atom. The van der Waals surface area contributed by atoms with Gasteiger partial charge in [-0.15, -0.1) is 0 Å². The number of ether oxygens (including phenoxy) is 5. The normalized spacial score (nSPS) is 14.2. The molecule has 30 heavy (non-hydrogen) atoms. The van der Waals surface area contributed by atoms with Crippen LogP contribution < -0.4 is 18.9 Å². The number of nitrogens with zero attached hydrogens (tertiary/aromatic N) is 2. The third-order valence-electron chi connectivity index (χ3n) is 4.27. The van der Waals surface area contributed by atoms with Gasteiger partial charge in [0, 0.05) is 23.3 Å². The van der Waals surface area contributed by atoms with Gasteiger partial charge in [0.1, 0.15) is 5.75 Å². The van der Waals surface area contributed by atoms with Crippen LogP contribution in [0.5, 0.6) is 23.0 Å². The van der Waals surface area contributed by atoms with Gasteiger partial charge < -0.3 is 23.7 Å². The predicted molar refractivity (Wildman–Crippen MR) is 106 cm³/mol. The average molecular weight is 414 g/mol. The Morgan fingerprint density at radius 3 is 2.17 bits per heavy atom. The summed E-state index contributed by atoms with van der Waals surface area (Å²) >= 11 is 0. The molecule has 0 N–H and O–H groups in total. The minimum absolute atomic E-state index is 0.00556. The molecule has 10 nitrogen and oxygen atoms in total. The first-order valence-electron chi connectivity index (χ1n) is 8.57. The van der Waals surface area contributed by atoms with Crippen LogP contribution in [0.1, 0.15) is 11.1 Å². The molecule has 0 amide bonds. The summed E-state index contributed by atoms with van der Waals surface area (Å²) in [6.45, 7) is 0. The second-order valence-electron chi connectivity index (χ2n) is 5.93. The number of esters is 1. The summed E-state index contributed by atoms with van der Waals surface area (Å²) in [5.74, 6) is 0.639. The van der Waals surface area contributed by atoms with Crippen molar-refractivity contribution in [1.82, 2.24) is 0 Å². The van der Waals surface area contributed by atoms with Crippen LogP contribution in [0, 0.1) is 10.1 Å². The van der Waals surface area contributed by atoms with Crippen LogP contribution in [-0.2, 0) is 9.53 Å². The molecule has 10 heteroatoms. The Morgan fingerprint density at radius 1 is 0.933 bits per heavy atom. The van der Waals surface area contributed by atoms with E-state index in [1.54, 1.807) is 12.1 Å². The molecular formula is C20H18N2O8. The Bertz CT molecular complexity index is 1070. The Labute approximate surface area is 171 Å². The lowest BCUT2D eigenvalue weighted by atomic mass is 10.1. The fourth-order valence-electron chi connectivity index (χ4n) is 2.81. The van der Waals surface area contributed by atoms with Crippen molar-refractivity contribution in [2.24, 2.45) is 4.99 Å². The van der Waals surface area contributed by atoms with E-state index < -0.39 is 10.9 Å². The summed E-state index contributed by atoms with van der Waals surface area (Å²) < 4.78 is 26.0. The Balaban J connectivity index is 2.03. The number of nitro benzene ring substituents is 1. The van der Waals surface area contributed by atoms with E-state index in [9.17, 15) is 14.9 Å². The monoisotopic (exact) mass is 414 g/mol. The number of aliphatic imine (C=N–C) groups is 1. The van der Waals surface area contributed by atoms with Crippen LogP contribution >= 0.6 is 0 Å². The Hall–Kier alpha value is -4.08. The summed E-state index contributed by atoms with van der Waals surface area (Å²) in [6.07, 6.45) is 1.47. The number of nitro groups is 1. The lowest BCUT2D eigenvalue weighted by molar-refractivity contribution is -0.385. The lowest BCUT2D eigenvalue weighted by Crippen LogP contribution is -2.06. The van der Waals surface area contributed by atoms with Crippen molar-refractivity contribution in [1.29, 1.82) is 0 Å². The zero-order valence-corrected chi connectivity index (χ0v) is 16.6. The first-order valence-corrected chi connectivity index (χ1v) is 8.57. The highest BCUT2D eigenvalue weighted by Crippen LogP contribution is 2.36. The molecule has 0 atom stereocenters. The number of hydrogen-bond donors (Lipinski definition) is 0. The molecule has 0 radical (unpaired) electrons. The van der Waals surface area contributed by atoms with Crippen molar-refractivity contribution in [3.8, 4) is 23.0 Å². The van der Waals surface area contributed by atoms with Gasteiger partial charge in [0.15, 0.2) is 22.9 Å². The largest absolute Gasteiger partial charge is 0.496 e. The smallest absolute Gasteiger partial charge is 0.363 e. The molecule has 2 aromatic rings. The number of benzene rings is 2. The molecule has 3 rings (SSSR count). The first kappa shape index (κ1) is 20.6. The number of cyclic esters (lactones) is 1. The third kappa shape index (κ3) is 3.88. The molecule has 1 aliphatic rings. The van der Waals surface area contributed by atoms with Gasteiger partial charge in [0.25, 0.3) is 0 Å². The first-order chi connectivity index (χ1) is 14.4. The van der Waals surface area contributed by atoms with E-state index in [-0.39, 0.29) is 28.6 Å². The van der Waals surface area contributed by atoms with Crippen LogP contribution in [0.3, 0.4) is 0 Å². The van der Waals surface area contributed by atoms with Gasteiger partial charge in [0.05, 0.1) is 33.4 Å². The molecule has 0 spiro atoms.